The van der Waals surface area contributed by atoms with Crippen molar-refractivity contribution in [1.29, 1.82) is 0 Å². The van der Waals surface area contributed by atoms with Crippen LogP contribution in [-0.4, -0.2) is 50.9 Å². The van der Waals surface area contributed by atoms with Gasteiger partial charge in [0.15, 0.2) is 11.2 Å². The topological polar surface area (TPSA) is 145 Å². The van der Waals surface area contributed by atoms with Gasteiger partial charge < -0.3 is 16.2 Å². The minimum Gasteiger partial charge on any atom is -0.393 e. The Kier molecular flexibility index (Phi) is 4.09. The van der Waals surface area contributed by atoms with Crippen LogP contribution in [0.15, 0.2) is 36.9 Å². The zero-order chi connectivity index (χ0) is 20.0. The van der Waals surface area contributed by atoms with Crippen LogP contribution < -0.4 is 11.1 Å². The first-order valence-electron chi connectivity index (χ1n) is 9.35. The van der Waals surface area contributed by atoms with Crippen LogP contribution in [-0.2, 0) is 6.54 Å². The standard InChI is InChI=1S/C18H20N10O/c1-10(29)14-4-11(14)8-27-9-12(5-22-27)23-18-21-7-15-17(24-18)28(26-25-15)13-2-3-16(19)20-6-13/h2-3,5-7,9-11,14,29H,4,8H2,1H3,(H2,19,20)(H,21,23,24). The second-order valence-corrected chi connectivity index (χ2v) is 7.32. The summed E-state index contributed by atoms with van der Waals surface area (Å²) in [4.78, 5) is 12.9. The lowest BCUT2D eigenvalue weighted by Gasteiger charge is -2.04. The number of hydrogen-bond donors (Lipinski definition) is 3. The molecule has 1 fully saturated rings. The monoisotopic (exact) mass is 392 g/mol. The van der Waals surface area contributed by atoms with Crippen LogP contribution in [0.3, 0.4) is 0 Å². The molecule has 4 N–H and O–H groups in total. The molecule has 5 rings (SSSR count). The van der Waals surface area contributed by atoms with E-state index in [-0.39, 0.29) is 6.10 Å². The molecule has 0 spiro atoms. The van der Waals surface area contributed by atoms with Crippen LogP contribution in [0.2, 0.25) is 0 Å². The lowest BCUT2D eigenvalue weighted by molar-refractivity contribution is 0.162. The number of rotatable bonds is 6. The number of nitrogen functional groups attached to an aromatic ring is 1. The molecule has 0 aliphatic heterocycles. The van der Waals surface area contributed by atoms with Gasteiger partial charge in [-0.05, 0) is 37.3 Å². The minimum atomic E-state index is -0.261. The summed E-state index contributed by atoms with van der Waals surface area (Å²) in [6.45, 7) is 2.63. The minimum absolute atomic E-state index is 0.261. The van der Waals surface area contributed by atoms with Crippen LogP contribution in [0.1, 0.15) is 13.3 Å². The Bertz CT molecular complexity index is 1150. The van der Waals surface area contributed by atoms with Crippen LogP contribution in [0, 0.1) is 11.8 Å². The van der Waals surface area contributed by atoms with E-state index in [1.807, 2.05) is 17.8 Å². The van der Waals surface area contributed by atoms with Crippen LogP contribution in [0.4, 0.5) is 17.5 Å². The van der Waals surface area contributed by atoms with E-state index in [2.05, 4.69) is 35.7 Å². The average Bonchev–Trinajstić information content (AvgIpc) is 3.14. The fraction of sp³-hybridized carbons (Fsp3) is 0.333. The van der Waals surface area contributed by atoms with Crippen molar-refractivity contribution in [2.45, 2.75) is 26.0 Å². The molecule has 4 aromatic rings. The van der Waals surface area contributed by atoms with Crippen molar-refractivity contribution >= 4 is 28.6 Å². The molecule has 1 aliphatic rings. The van der Waals surface area contributed by atoms with Crippen molar-refractivity contribution in [2.24, 2.45) is 11.8 Å². The third-order valence-corrected chi connectivity index (χ3v) is 5.12. The first-order chi connectivity index (χ1) is 14.1. The summed E-state index contributed by atoms with van der Waals surface area (Å²) in [6, 6.07) is 3.49. The number of nitrogens with zero attached hydrogens (tertiary/aromatic N) is 8. The van der Waals surface area contributed by atoms with Gasteiger partial charge in [-0.25, -0.2) is 9.97 Å². The van der Waals surface area contributed by atoms with Crippen LogP contribution in [0.25, 0.3) is 16.9 Å². The summed E-state index contributed by atoms with van der Waals surface area (Å²) in [5.74, 6) is 1.69. The van der Waals surface area contributed by atoms with Crippen molar-refractivity contribution in [3.8, 4) is 5.69 Å². The molecule has 0 amide bonds. The Hall–Kier alpha value is -3.60. The summed E-state index contributed by atoms with van der Waals surface area (Å²) in [5.41, 5.74) is 8.26. The molecule has 0 radical (unpaired) electrons. The van der Waals surface area contributed by atoms with Gasteiger partial charge in [0.05, 0.1) is 36.1 Å². The average molecular weight is 392 g/mol. The van der Waals surface area contributed by atoms with E-state index in [0.29, 0.717) is 40.5 Å². The number of nitrogens with one attached hydrogen (secondary N) is 1. The normalized spacial score (nSPS) is 19.4. The Morgan fingerprint density at radius 3 is 2.93 bits per heavy atom. The number of fused-ring (bicyclic) bond motifs is 1. The predicted octanol–water partition coefficient (Wildman–Crippen LogP) is 1.14. The quantitative estimate of drug-likeness (QED) is 0.440. The molecule has 11 nitrogen and oxygen atoms in total. The van der Waals surface area contributed by atoms with Crippen molar-refractivity contribution < 1.29 is 5.11 Å². The zero-order valence-electron chi connectivity index (χ0n) is 15.7. The predicted molar refractivity (Wildman–Crippen MR) is 105 cm³/mol. The maximum absolute atomic E-state index is 9.65. The molecule has 1 aliphatic carbocycles. The van der Waals surface area contributed by atoms with Gasteiger partial charge in [0, 0.05) is 12.7 Å². The first kappa shape index (κ1) is 17.5. The third kappa shape index (κ3) is 3.47. The number of aromatic nitrogens is 8. The molecular formula is C18H20N10O. The molecule has 0 aromatic carbocycles. The maximum Gasteiger partial charge on any atom is 0.229 e. The highest BCUT2D eigenvalue weighted by molar-refractivity contribution is 5.72. The Morgan fingerprint density at radius 1 is 1.28 bits per heavy atom. The van der Waals surface area contributed by atoms with Crippen molar-refractivity contribution in [3.05, 3.63) is 36.9 Å². The van der Waals surface area contributed by atoms with Gasteiger partial charge in [0.1, 0.15) is 5.82 Å². The number of hydrogen-bond acceptors (Lipinski definition) is 9. The Balaban J connectivity index is 1.35. The van der Waals surface area contributed by atoms with Gasteiger partial charge in [0.2, 0.25) is 5.95 Å². The van der Waals surface area contributed by atoms with E-state index in [0.717, 1.165) is 18.7 Å². The molecule has 0 bridgehead atoms. The molecule has 4 heterocycles. The largest absolute Gasteiger partial charge is 0.393 e. The lowest BCUT2D eigenvalue weighted by Crippen LogP contribution is -2.08. The van der Waals surface area contributed by atoms with Gasteiger partial charge >= 0.3 is 0 Å². The van der Waals surface area contributed by atoms with Gasteiger partial charge in [-0.2, -0.15) is 14.8 Å². The molecule has 4 aromatic heterocycles. The smallest absolute Gasteiger partial charge is 0.229 e. The molecular weight excluding hydrogens is 372 g/mol. The van der Waals surface area contributed by atoms with E-state index in [4.69, 9.17) is 5.73 Å². The third-order valence-electron chi connectivity index (χ3n) is 5.12. The zero-order valence-corrected chi connectivity index (χ0v) is 15.7. The van der Waals surface area contributed by atoms with Crippen molar-refractivity contribution in [3.63, 3.8) is 0 Å². The second-order valence-electron chi connectivity index (χ2n) is 7.32. The van der Waals surface area contributed by atoms with Gasteiger partial charge in [-0.15, -0.1) is 5.10 Å². The van der Waals surface area contributed by atoms with Gasteiger partial charge in [0.25, 0.3) is 0 Å². The summed E-state index contributed by atoms with van der Waals surface area (Å²) in [6.07, 6.45) is 7.64. The summed E-state index contributed by atoms with van der Waals surface area (Å²) in [7, 11) is 0. The molecule has 0 saturated heterocycles. The summed E-state index contributed by atoms with van der Waals surface area (Å²) < 4.78 is 3.46. The van der Waals surface area contributed by atoms with Crippen LogP contribution in [0.5, 0.6) is 0 Å². The van der Waals surface area contributed by atoms with Crippen LogP contribution >= 0.6 is 0 Å². The van der Waals surface area contributed by atoms with E-state index in [9.17, 15) is 5.11 Å². The van der Waals surface area contributed by atoms with E-state index in [1.54, 1.807) is 35.4 Å². The number of aliphatic hydroxyl groups excluding tert-OH is 1. The number of pyridine rings is 1. The molecule has 3 unspecified atom stereocenters. The van der Waals surface area contributed by atoms with Crippen molar-refractivity contribution in [1.82, 2.24) is 39.7 Å². The molecule has 3 atom stereocenters. The number of nitrogens with two attached hydrogens (primary N) is 1. The molecule has 1 saturated carbocycles. The van der Waals surface area contributed by atoms with Gasteiger partial charge in [-0.1, -0.05) is 5.21 Å². The van der Waals surface area contributed by atoms with Gasteiger partial charge in [-0.3, -0.25) is 4.68 Å². The second kappa shape index (κ2) is 6.78. The molecule has 29 heavy (non-hydrogen) atoms. The SMILES string of the molecule is CC(O)C1CC1Cn1cc(Nc2ncc3nnn(-c4ccc(N)nc4)c3n2)cn1. The highest BCUT2D eigenvalue weighted by Gasteiger charge is 2.40. The summed E-state index contributed by atoms with van der Waals surface area (Å²) >= 11 is 0. The lowest BCUT2D eigenvalue weighted by atomic mass is 10.2. The molecule has 148 valence electrons. The Labute approximate surface area is 165 Å². The Morgan fingerprint density at radius 2 is 2.17 bits per heavy atom. The number of anilines is 3. The molecule has 11 heteroatoms. The first-order valence-corrected chi connectivity index (χ1v) is 9.35. The van der Waals surface area contributed by atoms with E-state index in [1.165, 1.54) is 0 Å². The highest BCUT2D eigenvalue weighted by atomic mass is 16.3. The number of aliphatic hydroxyl groups is 1. The fourth-order valence-electron chi connectivity index (χ4n) is 3.45. The summed E-state index contributed by atoms with van der Waals surface area (Å²) in [5, 5.41) is 25.4. The maximum atomic E-state index is 9.65. The fourth-order valence-corrected chi connectivity index (χ4v) is 3.45. The highest BCUT2D eigenvalue weighted by Crippen LogP contribution is 2.42. The van der Waals surface area contributed by atoms with E-state index < -0.39 is 0 Å². The van der Waals surface area contributed by atoms with E-state index >= 15 is 0 Å². The van der Waals surface area contributed by atoms with Crippen molar-refractivity contribution in [2.75, 3.05) is 11.1 Å².